The van der Waals surface area contributed by atoms with E-state index in [9.17, 15) is 38.0 Å². The molecule has 0 amide bonds. The van der Waals surface area contributed by atoms with E-state index in [1.54, 1.807) is 42.7 Å². The maximum Gasteiger partial charge on any atom is 0.349 e. The predicted molar refractivity (Wildman–Crippen MR) is 240 cm³/mol. The molecular formula is C47H40ClFN4O11S. The normalized spacial score (nSPS) is 12.2. The largest absolute Gasteiger partial charge is 0.487 e. The van der Waals surface area contributed by atoms with Crippen molar-refractivity contribution in [2.45, 2.75) is 25.4 Å². The number of carbonyl (C=O) groups excluding carboxylic acids is 2. The first-order chi connectivity index (χ1) is 31.3. The molecule has 0 aliphatic rings. The van der Waals surface area contributed by atoms with Crippen LogP contribution >= 0.6 is 11.6 Å². The van der Waals surface area contributed by atoms with Crippen molar-refractivity contribution in [1.82, 2.24) is 15.3 Å². The lowest BCUT2D eigenvalue weighted by molar-refractivity contribution is -0.166. The minimum atomic E-state index is -2.21. The smallest absolute Gasteiger partial charge is 0.349 e. The highest BCUT2D eigenvalue weighted by molar-refractivity contribution is 7.84. The number of fused-ring (bicyclic) bond motifs is 1. The molecule has 18 heteroatoms. The number of benzene rings is 5. The summed E-state index contributed by atoms with van der Waals surface area (Å²) in [7, 11) is -0.826. The third kappa shape index (κ3) is 13.5. The van der Waals surface area contributed by atoms with Crippen LogP contribution in [0, 0.1) is 5.82 Å². The van der Waals surface area contributed by atoms with Gasteiger partial charge in [0.1, 0.15) is 41.8 Å². The molecule has 3 unspecified atom stereocenters. The second-order valence-electron chi connectivity index (χ2n) is 13.9. The molecule has 65 heavy (non-hydrogen) atoms. The summed E-state index contributed by atoms with van der Waals surface area (Å²) >= 11 is 6.48. The first-order valence-corrected chi connectivity index (χ1v) is 21.7. The molecule has 0 spiro atoms. The Labute approximate surface area is 378 Å². The van der Waals surface area contributed by atoms with E-state index in [2.05, 4.69) is 20.6 Å². The quantitative estimate of drug-likeness (QED) is 0.0473. The number of hydrogen-bond acceptors (Lipinski definition) is 13. The van der Waals surface area contributed by atoms with Crippen LogP contribution in [0.1, 0.15) is 32.0 Å². The fourth-order valence-electron chi connectivity index (χ4n) is 5.98. The van der Waals surface area contributed by atoms with E-state index < -0.39 is 46.9 Å². The number of carboxylic acid groups (broad SMARTS) is 2. The fraction of sp³-hybridized carbons (Fsp3) is 0.149. The second kappa shape index (κ2) is 22.8. The highest BCUT2D eigenvalue weighted by atomic mass is 35.5. The Morgan fingerprint density at radius 1 is 0.785 bits per heavy atom. The predicted octanol–water partition coefficient (Wildman–Crippen LogP) is 8.08. The molecule has 0 fully saturated rings. The van der Waals surface area contributed by atoms with Crippen LogP contribution in [0.15, 0.2) is 144 Å². The van der Waals surface area contributed by atoms with E-state index in [0.29, 0.717) is 41.0 Å². The van der Waals surface area contributed by atoms with Crippen LogP contribution in [0.3, 0.4) is 0 Å². The van der Waals surface area contributed by atoms with E-state index in [4.69, 9.17) is 30.2 Å². The molecule has 0 bridgehead atoms. The Morgan fingerprint density at radius 2 is 1.45 bits per heavy atom. The number of carbonyl (C=O) groups is 4. The molecule has 7 aromatic rings. The van der Waals surface area contributed by atoms with Crippen molar-refractivity contribution in [2.75, 3.05) is 23.9 Å². The molecule has 2 aromatic heterocycles. The van der Waals surface area contributed by atoms with Gasteiger partial charge in [0, 0.05) is 46.0 Å². The molecule has 0 aliphatic heterocycles. The molecule has 5 aromatic carbocycles. The van der Waals surface area contributed by atoms with Crippen molar-refractivity contribution in [3.05, 3.63) is 173 Å². The van der Waals surface area contributed by atoms with Gasteiger partial charge in [-0.25, -0.2) is 33.5 Å². The second-order valence-corrected chi connectivity index (χ2v) is 15.9. The van der Waals surface area contributed by atoms with Crippen LogP contribution in [0.4, 0.5) is 15.9 Å². The van der Waals surface area contributed by atoms with Gasteiger partial charge in [-0.2, -0.15) is 0 Å². The minimum absolute atomic E-state index is 0.0253. The van der Waals surface area contributed by atoms with Gasteiger partial charge in [0.15, 0.2) is 0 Å². The van der Waals surface area contributed by atoms with Crippen LogP contribution < -0.4 is 15.4 Å². The van der Waals surface area contributed by atoms with Gasteiger partial charge in [-0.05, 0) is 90.5 Å². The molecule has 2 heterocycles. The summed E-state index contributed by atoms with van der Waals surface area (Å²) in [5, 5.41) is 26.3. The molecule has 0 aliphatic carbocycles. The van der Waals surface area contributed by atoms with Gasteiger partial charge in [0.05, 0.1) is 28.2 Å². The average molecular weight is 923 g/mol. The molecule has 7 rings (SSSR count). The summed E-state index contributed by atoms with van der Waals surface area (Å²) in [6.45, 7) is 1.42. The van der Waals surface area contributed by atoms with Gasteiger partial charge in [0.25, 0.3) is 0 Å². The molecule has 0 saturated heterocycles. The lowest BCUT2D eigenvalue weighted by atomic mass is 10.1. The Morgan fingerprint density at radius 3 is 2.05 bits per heavy atom. The number of carboxylic acids is 2. The fourth-order valence-corrected chi connectivity index (χ4v) is 6.65. The van der Waals surface area contributed by atoms with E-state index >= 15 is 0 Å². The summed E-state index contributed by atoms with van der Waals surface area (Å²) in [6.07, 6.45) is -1.24. The lowest BCUT2D eigenvalue weighted by Crippen LogP contribution is -2.45. The van der Waals surface area contributed by atoms with Crippen LogP contribution in [0.25, 0.3) is 22.2 Å². The van der Waals surface area contributed by atoms with Gasteiger partial charge in [-0.15, -0.1) is 0 Å². The Hall–Kier alpha value is -7.47. The first kappa shape index (κ1) is 47.0. The topological polar surface area (TPSA) is 216 Å². The Kier molecular flexibility index (Phi) is 16.5. The number of nitrogens with zero attached hydrogens (tertiary/aromatic N) is 2. The highest BCUT2D eigenvalue weighted by Gasteiger charge is 2.41. The van der Waals surface area contributed by atoms with Gasteiger partial charge in [0.2, 0.25) is 12.2 Å². The van der Waals surface area contributed by atoms with Crippen molar-refractivity contribution in [1.29, 1.82) is 0 Å². The van der Waals surface area contributed by atoms with E-state index in [0.717, 1.165) is 33.7 Å². The van der Waals surface area contributed by atoms with Crippen molar-refractivity contribution in [2.24, 2.45) is 0 Å². The number of aromatic nitrogens is 2. The van der Waals surface area contributed by atoms with E-state index in [1.807, 2.05) is 36.4 Å². The number of furan rings is 1. The van der Waals surface area contributed by atoms with Crippen LogP contribution in [0.5, 0.6) is 5.75 Å². The lowest BCUT2D eigenvalue weighted by Gasteiger charge is -2.21. The third-order valence-electron chi connectivity index (χ3n) is 9.17. The highest BCUT2D eigenvalue weighted by Crippen LogP contribution is 2.33. The number of esters is 2. The van der Waals surface area contributed by atoms with Gasteiger partial charge < -0.3 is 39.5 Å². The SMILES string of the molecule is CS(=O)CCNCc1ccc(-c2ccc3ncnc(Nc4ccc(OCc5cccc(F)c5)c(Cl)c4)c3c2)o1.O=C(OC(C(=O)O)C(OC(=O)c1ccccc1)C(=O)O)c1ccccc1. The van der Waals surface area contributed by atoms with Gasteiger partial charge in [-0.3, -0.25) is 4.21 Å². The number of hydrogen-bond donors (Lipinski definition) is 4. The maximum absolute atomic E-state index is 13.4. The van der Waals surface area contributed by atoms with Crippen LogP contribution in [-0.2, 0) is 43.0 Å². The first-order valence-electron chi connectivity index (χ1n) is 19.6. The number of nitrogens with one attached hydrogen (secondary N) is 2. The van der Waals surface area contributed by atoms with Crippen molar-refractivity contribution in [3.63, 3.8) is 0 Å². The molecule has 0 radical (unpaired) electrons. The van der Waals surface area contributed by atoms with Gasteiger partial charge in [-0.1, -0.05) is 60.1 Å². The summed E-state index contributed by atoms with van der Waals surface area (Å²) in [6, 6.07) is 36.1. The van der Waals surface area contributed by atoms with Crippen molar-refractivity contribution in [3.8, 4) is 17.1 Å². The van der Waals surface area contributed by atoms with Crippen molar-refractivity contribution >= 4 is 68.7 Å². The van der Waals surface area contributed by atoms with Crippen LogP contribution in [0.2, 0.25) is 5.02 Å². The molecule has 3 atom stereocenters. The molecular weight excluding hydrogens is 883 g/mol. The summed E-state index contributed by atoms with van der Waals surface area (Å²) in [4.78, 5) is 55.7. The molecule has 334 valence electrons. The monoisotopic (exact) mass is 922 g/mol. The summed E-state index contributed by atoms with van der Waals surface area (Å²) in [5.74, 6) is -2.71. The third-order valence-corrected chi connectivity index (χ3v) is 10.2. The number of rotatable bonds is 18. The number of ether oxygens (including phenoxy) is 3. The van der Waals surface area contributed by atoms with Gasteiger partial charge >= 0.3 is 23.9 Å². The summed E-state index contributed by atoms with van der Waals surface area (Å²) in [5.41, 5.74) is 3.15. The zero-order chi connectivity index (χ0) is 46.3. The average Bonchev–Trinajstić information content (AvgIpc) is 3.78. The Balaban J connectivity index is 0.000000235. The molecule has 15 nitrogen and oxygen atoms in total. The maximum atomic E-state index is 13.4. The zero-order valence-corrected chi connectivity index (χ0v) is 36.0. The molecule has 0 saturated carbocycles. The van der Waals surface area contributed by atoms with Crippen molar-refractivity contribution < 1.29 is 56.6 Å². The Bertz CT molecular complexity index is 2730. The number of aliphatic carboxylic acids is 2. The standard InChI is InChI=1S/C29H26ClFN4O3S.C18H14O8/c1-39(36)12-11-32-16-23-7-10-27(38-23)20-5-8-26-24(14-20)29(34-18-33-26)35-22-6-9-28(25(30)15-22)37-17-19-3-2-4-21(31)13-19;19-15(20)13(25-17(23)11-7-3-1-4-8-11)14(16(21)22)26-18(24)12-9-5-2-6-10-12/h2-10,13-15,18,32H,11-12,16-17H2,1H3,(H,33,34,35);1-10,13-14H,(H,19,20)(H,21,22). The van der Waals surface area contributed by atoms with E-state index in [-0.39, 0.29) is 23.6 Å². The van der Waals surface area contributed by atoms with E-state index in [1.165, 1.54) is 67.0 Å². The number of halogens is 2. The molecule has 4 N–H and O–H groups in total. The summed E-state index contributed by atoms with van der Waals surface area (Å²) < 4.78 is 46.0. The van der Waals surface area contributed by atoms with Crippen LogP contribution in [-0.4, -0.2) is 79.0 Å². The minimum Gasteiger partial charge on any atom is -0.487 e. The number of anilines is 2. The zero-order valence-electron chi connectivity index (χ0n) is 34.4.